The van der Waals surface area contributed by atoms with E-state index >= 15 is 0 Å². The minimum absolute atomic E-state index is 0.173. The lowest BCUT2D eigenvalue weighted by molar-refractivity contribution is -0.138. The van der Waals surface area contributed by atoms with E-state index in [9.17, 15) is 4.79 Å². The van der Waals surface area contributed by atoms with E-state index in [1.165, 1.54) is 0 Å². The maximum Gasteiger partial charge on any atom is 0.317 e. The van der Waals surface area contributed by atoms with E-state index in [0.29, 0.717) is 6.04 Å². The lowest BCUT2D eigenvalue weighted by atomic mass is 10.2. The Bertz CT molecular complexity index is 149. The summed E-state index contributed by atoms with van der Waals surface area (Å²) in [5.41, 5.74) is 0. The van der Waals surface area contributed by atoms with Crippen LogP contribution in [0.5, 0.6) is 0 Å². The third kappa shape index (κ3) is 2.86. The molecule has 4 heteroatoms. The normalized spacial score (nSPS) is 26.8. The number of nitrogens with one attached hydrogen (secondary N) is 1. The Morgan fingerprint density at radius 2 is 2.55 bits per heavy atom. The molecule has 0 aromatic carbocycles. The molecule has 64 valence electrons. The molecular formula is C7H14N2O2. The summed E-state index contributed by atoms with van der Waals surface area (Å²) in [6, 6.07) is 0.420. The number of hydrogen-bond donors (Lipinski definition) is 2. The number of aliphatic carboxylic acids is 1. The molecule has 0 radical (unpaired) electrons. The summed E-state index contributed by atoms with van der Waals surface area (Å²) in [7, 11) is 0. The van der Waals surface area contributed by atoms with Gasteiger partial charge in [0, 0.05) is 25.7 Å². The van der Waals surface area contributed by atoms with Gasteiger partial charge in [0.05, 0.1) is 6.54 Å². The van der Waals surface area contributed by atoms with Crippen LogP contribution in [0.25, 0.3) is 0 Å². The van der Waals surface area contributed by atoms with Gasteiger partial charge in [-0.25, -0.2) is 0 Å². The standard InChI is InChI=1S/C7H14N2O2/c1-6-4-9(3-2-8-6)5-7(10)11/h6,8H,2-5H2,1H3,(H,10,11). The number of rotatable bonds is 2. The van der Waals surface area contributed by atoms with Crippen molar-refractivity contribution >= 4 is 5.97 Å². The van der Waals surface area contributed by atoms with E-state index in [-0.39, 0.29) is 6.54 Å². The van der Waals surface area contributed by atoms with Crippen LogP contribution in [0.4, 0.5) is 0 Å². The van der Waals surface area contributed by atoms with Crippen molar-refractivity contribution in [2.75, 3.05) is 26.2 Å². The van der Waals surface area contributed by atoms with Crippen molar-refractivity contribution in [2.24, 2.45) is 0 Å². The lowest BCUT2D eigenvalue weighted by Gasteiger charge is -2.30. The number of carbonyl (C=O) groups is 1. The van der Waals surface area contributed by atoms with Crippen molar-refractivity contribution in [3.05, 3.63) is 0 Å². The molecule has 0 saturated carbocycles. The van der Waals surface area contributed by atoms with Gasteiger partial charge in [-0.05, 0) is 6.92 Å². The first-order chi connectivity index (χ1) is 5.18. The molecule has 2 N–H and O–H groups in total. The molecule has 1 heterocycles. The van der Waals surface area contributed by atoms with Gasteiger partial charge in [0.2, 0.25) is 0 Å². The van der Waals surface area contributed by atoms with Crippen LogP contribution in [0.2, 0.25) is 0 Å². The number of nitrogens with zero attached hydrogens (tertiary/aromatic N) is 1. The van der Waals surface area contributed by atoms with Crippen LogP contribution in [0.1, 0.15) is 6.92 Å². The van der Waals surface area contributed by atoms with Gasteiger partial charge in [0.1, 0.15) is 0 Å². The van der Waals surface area contributed by atoms with E-state index in [4.69, 9.17) is 5.11 Å². The summed E-state index contributed by atoms with van der Waals surface area (Å²) in [5.74, 6) is -0.737. The number of carboxylic acid groups (broad SMARTS) is 1. The summed E-state index contributed by atoms with van der Waals surface area (Å²) in [4.78, 5) is 12.3. The van der Waals surface area contributed by atoms with Gasteiger partial charge in [0.25, 0.3) is 0 Å². The van der Waals surface area contributed by atoms with Crippen molar-refractivity contribution in [3.8, 4) is 0 Å². The predicted octanol–water partition coefficient (Wildman–Crippen LogP) is -0.635. The first-order valence-electron chi connectivity index (χ1n) is 3.86. The van der Waals surface area contributed by atoms with Gasteiger partial charge < -0.3 is 10.4 Å². The smallest absolute Gasteiger partial charge is 0.317 e. The summed E-state index contributed by atoms with van der Waals surface area (Å²) >= 11 is 0. The quantitative estimate of drug-likeness (QED) is 0.561. The molecule has 0 spiro atoms. The van der Waals surface area contributed by atoms with E-state index < -0.39 is 5.97 Å². The minimum Gasteiger partial charge on any atom is -0.480 e. The zero-order valence-electron chi connectivity index (χ0n) is 6.71. The number of piperazine rings is 1. The lowest BCUT2D eigenvalue weighted by Crippen LogP contribution is -2.50. The topological polar surface area (TPSA) is 52.6 Å². The Balaban J connectivity index is 2.28. The summed E-state index contributed by atoms with van der Waals surface area (Å²) in [6.07, 6.45) is 0. The molecule has 0 aromatic rings. The molecule has 11 heavy (non-hydrogen) atoms. The largest absolute Gasteiger partial charge is 0.480 e. The van der Waals surface area contributed by atoms with Gasteiger partial charge in [-0.2, -0.15) is 0 Å². The van der Waals surface area contributed by atoms with Crippen LogP contribution in [0.15, 0.2) is 0 Å². The van der Waals surface area contributed by atoms with Crippen molar-refractivity contribution in [3.63, 3.8) is 0 Å². The summed E-state index contributed by atoms with van der Waals surface area (Å²) < 4.78 is 0. The third-order valence-electron chi connectivity index (χ3n) is 1.81. The van der Waals surface area contributed by atoms with Gasteiger partial charge in [-0.15, -0.1) is 0 Å². The maximum atomic E-state index is 10.3. The van der Waals surface area contributed by atoms with Crippen LogP contribution in [0, 0.1) is 0 Å². The van der Waals surface area contributed by atoms with Crippen molar-refractivity contribution in [1.29, 1.82) is 0 Å². The minimum atomic E-state index is -0.737. The molecule has 1 aliphatic heterocycles. The highest BCUT2D eigenvalue weighted by Gasteiger charge is 2.16. The highest BCUT2D eigenvalue weighted by molar-refractivity contribution is 5.69. The zero-order valence-corrected chi connectivity index (χ0v) is 6.71. The Labute approximate surface area is 66.2 Å². The molecule has 1 saturated heterocycles. The summed E-state index contributed by atoms with van der Waals surface area (Å²) in [5, 5.41) is 11.7. The Kier molecular flexibility index (Phi) is 2.84. The molecule has 0 amide bonds. The molecule has 0 aromatic heterocycles. The second-order valence-corrected chi connectivity index (χ2v) is 2.98. The maximum absolute atomic E-state index is 10.3. The third-order valence-corrected chi connectivity index (χ3v) is 1.81. The van der Waals surface area contributed by atoms with E-state index in [1.807, 2.05) is 4.90 Å². The van der Waals surface area contributed by atoms with Gasteiger partial charge >= 0.3 is 5.97 Å². The Morgan fingerprint density at radius 3 is 3.09 bits per heavy atom. The summed E-state index contributed by atoms with van der Waals surface area (Å²) in [6.45, 7) is 4.82. The van der Waals surface area contributed by atoms with Crippen LogP contribution >= 0.6 is 0 Å². The van der Waals surface area contributed by atoms with E-state index in [2.05, 4.69) is 12.2 Å². The van der Waals surface area contributed by atoms with Gasteiger partial charge in [-0.3, -0.25) is 9.69 Å². The number of carboxylic acids is 1. The van der Waals surface area contributed by atoms with Gasteiger partial charge in [-0.1, -0.05) is 0 Å². The van der Waals surface area contributed by atoms with Crippen molar-refractivity contribution < 1.29 is 9.90 Å². The molecule has 1 atom stereocenters. The number of hydrogen-bond acceptors (Lipinski definition) is 3. The molecule has 1 fully saturated rings. The fourth-order valence-corrected chi connectivity index (χ4v) is 1.35. The molecule has 0 aliphatic carbocycles. The molecule has 1 unspecified atom stereocenters. The van der Waals surface area contributed by atoms with Crippen molar-refractivity contribution in [1.82, 2.24) is 10.2 Å². The SMILES string of the molecule is CC1CN(CC(=O)O)CCN1. The fourth-order valence-electron chi connectivity index (χ4n) is 1.35. The van der Waals surface area contributed by atoms with Gasteiger partial charge in [0.15, 0.2) is 0 Å². The monoisotopic (exact) mass is 158 g/mol. The average Bonchev–Trinajstić information content (AvgIpc) is 1.85. The molecule has 0 bridgehead atoms. The van der Waals surface area contributed by atoms with Crippen LogP contribution in [0.3, 0.4) is 0 Å². The first kappa shape index (κ1) is 8.49. The highest BCUT2D eigenvalue weighted by Crippen LogP contribution is 1.96. The molecular weight excluding hydrogens is 144 g/mol. The average molecular weight is 158 g/mol. The fraction of sp³-hybridized carbons (Fsp3) is 0.857. The second kappa shape index (κ2) is 3.69. The van der Waals surface area contributed by atoms with E-state index in [1.54, 1.807) is 0 Å². The predicted molar refractivity (Wildman–Crippen MR) is 41.5 cm³/mol. The zero-order chi connectivity index (χ0) is 8.27. The van der Waals surface area contributed by atoms with Crippen molar-refractivity contribution in [2.45, 2.75) is 13.0 Å². The van der Waals surface area contributed by atoms with Crippen LogP contribution in [-0.4, -0.2) is 48.2 Å². The highest BCUT2D eigenvalue weighted by atomic mass is 16.4. The van der Waals surface area contributed by atoms with Crippen LogP contribution in [-0.2, 0) is 4.79 Å². The molecule has 1 rings (SSSR count). The molecule has 4 nitrogen and oxygen atoms in total. The first-order valence-corrected chi connectivity index (χ1v) is 3.86. The van der Waals surface area contributed by atoms with E-state index in [0.717, 1.165) is 19.6 Å². The second-order valence-electron chi connectivity index (χ2n) is 2.98. The Hall–Kier alpha value is -0.610. The Morgan fingerprint density at radius 1 is 1.82 bits per heavy atom. The molecule has 1 aliphatic rings. The van der Waals surface area contributed by atoms with Crippen LogP contribution < -0.4 is 5.32 Å².